The molecular weight excluding hydrogens is 316 g/mol. The first-order chi connectivity index (χ1) is 12.1. The zero-order valence-electron chi connectivity index (χ0n) is 15.7. The summed E-state index contributed by atoms with van der Waals surface area (Å²) in [5.41, 5.74) is 2.60. The molecule has 0 aliphatic carbocycles. The third kappa shape index (κ3) is 4.27. The molecule has 138 valence electrons. The first-order valence-corrected chi connectivity index (χ1v) is 9.34. The molecule has 0 unspecified atom stereocenters. The normalized spacial score (nSPS) is 18.8. The molecule has 1 saturated heterocycles. The lowest BCUT2D eigenvalue weighted by Crippen LogP contribution is -2.40. The maximum atomic E-state index is 12.4. The van der Waals surface area contributed by atoms with Crippen LogP contribution in [0.3, 0.4) is 0 Å². The van der Waals surface area contributed by atoms with Gasteiger partial charge < -0.3 is 14.4 Å². The fraction of sp³-hybridized carbons (Fsp3) is 0.650. The first kappa shape index (κ1) is 18.1. The topological polar surface area (TPSA) is 42.0 Å². The highest BCUT2D eigenvalue weighted by atomic mass is 16.5. The van der Waals surface area contributed by atoms with Crippen LogP contribution in [0.2, 0.25) is 0 Å². The summed E-state index contributed by atoms with van der Waals surface area (Å²) in [5.74, 6) is 2.64. The van der Waals surface area contributed by atoms with E-state index in [-0.39, 0.29) is 0 Å². The van der Waals surface area contributed by atoms with E-state index >= 15 is 0 Å². The molecule has 0 spiro atoms. The van der Waals surface area contributed by atoms with Crippen LogP contribution in [0, 0.1) is 5.92 Å². The van der Waals surface area contributed by atoms with Gasteiger partial charge in [-0.25, -0.2) is 0 Å². The summed E-state index contributed by atoms with van der Waals surface area (Å²) in [4.78, 5) is 16.9. The molecule has 0 saturated carbocycles. The SMILES string of the molecule is COc1cc2c(cc1OC)CN(CCC(=O)N1CCC(C)CC1)CC2. The van der Waals surface area contributed by atoms with Crippen LogP contribution in [-0.4, -0.2) is 56.1 Å². The van der Waals surface area contributed by atoms with Crippen LogP contribution in [0.4, 0.5) is 0 Å². The van der Waals surface area contributed by atoms with E-state index in [1.807, 2.05) is 4.90 Å². The summed E-state index contributed by atoms with van der Waals surface area (Å²) < 4.78 is 10.8. The summed E-state index contributed by atoms with van der Waals surface area (Å²) >= 11 is 0. The van der Waals surface area contributed by atoms with Crippen LogP contribution in [0.5, 0.6) is 11.5 Å². The second-order valence-corrected chi connectivity index (χ2v) is 7.32. The van der Waals surface area contributed by atoms with Crippen LogP contribution in [0.1, 0.15) is 37.3 Å². The molecule has 2 aliphatic rings. The van der Waals surface area contributed by atoms with Crippen molar-refractivity contribution in [2.75, 3.05) is 40.4 Å². The Morgan fingerprint density at radius 1 is 1.08 bits per heavy atom. The minimum atomic E-state index is 0.310. The van der Waals surface area contributed by atoms with E-state index in [0.717, 1.165) is 69.4 Å². The second kappa shape index (κ2) is 8.09. The van der Waals surface area contributed by atoms with Crippen molar-refractivity contribution in [1.29, 1.82) is 0 Å². The number of carbonyl (C=O) groups excluding carboxylic acids is 1. The minimum Gasteiger partial charge on any atom is -0.493 e. The Hall–Kier alpha value is -1.75. The van der Waals surface area contributed by atoms with Crippen molar-refractivity contribution in [2.24, 2.45) is 5.92 Å². The number of rotatable bonds is 5. The smallest absolute Gasteiger partial charge is 0.223 e. The van der Waals surface area contributed by atoms with Crippen molar-refractivity contribution in [1.82, 2.24) is 9.80 Å². The van der Waals surface area contributed by atoms with Crippen LogP contribution < -0.4 is 9.47 Å². The van der Waals surface area contributed by atoms with E-state index in [9.17, 15) is 4.79 Å². The first-order valence-electron chi connectivity index (χ1n) is 9.34. The molecule has 2 aliphatic heterocycles. The molecule has 2 heterocycles. The number of nitrogens with zero attached hydrogens (tertiary/aromatic N) is 2. The summed E-state index contributed by atoms with van der Waals surface area (Å²) in [6.07, 6.45) is 3.90. The molecule has 5 nitrogen and oxygen atoms in total. The Bertz CT molecular complexity index is 609. The Morgan fingerprint density at radius 3 is 2.36 bits per heavy atom. The van der Waals surface area contributed by atoms with Crippen molar-refractivity contribution in [3.05, 3.63) is 23.3 Å². The highest BCUT2D eigenvalue weighted by Gasteiger charge is 2.23. The number of carbonyl (C=O) groups is 1. The van der Waals surface area contributed by atoms with Crippen molar-refractivity contribution in [2.45, 2.75) is 39.2 Å². The largest absolute Gasteiger partial charge is 0.493 e. The quantitative estimate of drug-likeness (QED) is 0.822. The summed E-state index contributed by atoms with van der Waals surface area (Å²) in [6, 6.07) is 4.17. The third-order valence-corrected chi connectivity index (χ3v) is 5.58. The van der Waals surface area contributed by atoms with Gasteiger partial charge in [0.05, 0.1) is 14.2 Å². The summed E-state index contributed by atoms with van der Waals surface area (Å²) in [7, 11) is 3.34. The highest BCUT2D eigenvalue weighted by Crippen LogP contribution is 2.33. The number of piperidine rings is 1. The van der Waals surface area contributed by atoms with Gasteiger partial charge in [0.15, 0.2) is 11.5 Å². The molecule has 1 fully saturated rings. The highest BCUT2D eigenvalue weighted by molar-refractivity contribution is 5.76. The number of fused-ring (bicyclic) bond motifs is 1. The van der Waals surface area contributed by atoms with E-state index in [4.69, 9.17) is 9.47 Å². The molecule has 0 aromatic heterocycles. The Labute approximate surface area is 150 Å². The Morgan fingerprint density at radius 2 is 1.72 bits per heavy atom. The summed E-state index contributed by atoms with van der Waals surface area (Å²) in [6.45, 7) is 6.83. The van der Waals surface area contributed by atoms with E-state index in [1.165, 1.54) is 11.1 Å². The van der Waals surface area contributed by atoms with Crippen molar-refractivity contribution >= 4 is 5.91 Å². The van der Waals surface area contributed by atoms with E-state index in [2.05, 4.69) is 24.0 Å². The van der Waals surface area contributed by atoms with Gasteiger partial charge in [0, 0.05) is 39.1 Å². The Balaban J connectivity index is 1.55. The van der Waals surface area contributed by atoms with Gasteiger partial charge in [-0.1, -0.05) is 6.92 Å². The van der Waals surface area contributed by atoms with Gasteiger partial charge in [-0.05, 0) is 48.4 Å². The van der Waals surface area contributed by atoms with E-state index in [0.29, 0.717) is 12.3 Å². The molecule has 0 radical (unpaired) electrons. The molecule has 1 aromatic rings. The van der Waals surface area contributed by atoms with Gasteiger partial charge in [0.2, 0.25) is 5.91 Å². The molecular formula is C20H30N2O3. The number of hydrogen-bond acceptors (Lipinski definition) is 4. The van der Waals surface area contributed by atoms with Gasteiger partial charge in [-0.2, -0.15) is 0 Å². The van der Waals surface area contributed by atoms with Crippen LogP contribution in [-0.2, 0) is 17.8 Å². The van der Waals surface area contributed by atoms with Crippen LogP contribution >= 0.6 is 0 Å². The maximum absolute atomic E-state index is 12.4. The number of likely N-dealkylation sites (tertiary alicyclic amines) is 1. The minimum absolute atomic E-state index is 0.310. The zero-order valence-corrected chi connectivity index (χ0v) is 15.7. The monoisotopic (exact) mass is 346 g/mol. The molecule has 1 amide bonds. The fourth-order valence-electron chi connectivity index (χ4n) is 3.80. The van der Waals surface area contributed by atoms with Crippen LogP contribution in [0.25, 0.3) is 0 Å². The third-order valence-electron chi connectivity index (χ3n) is 5.58. The molecule has 0 bridgehead atoms. The van der Waals surface area contributed by atoms with Gasteiger partial charge in [-0.15, -0.1) is 0 Å². The van der Waals surface area contributed by atoms with Crippen molar-refractivity contribution in [3.8, 4) is 11.5 Å². The maximum Gasteiger partial charge on any atom is 0.223 e. The van der Waals surface area contributed by atoms with Crippen LogP contribution in [0.15, 0.2) is 12.1 Å². The number of ether oxygens (including phenoxy) is 2. The number of amides is 1. The number of methoxy groups -OCH3 is 2. The van der Waals surface area contributed by atoms with E-state index in [1.54, 1.807) is 14.2 Å². The predicted octanol–water partition coefficient (Wildman–Crippen LogP) is 2.71. The Kier molecular flexibility index (Phi) is 5.84. The fourth-order valence-corrected chi connectivity index (χ4v) is 3.80. The van der Waals surface area contributed by atoms with Gasteiger partial charge in [-0.3, -0.25) is 9.69 Å². The molecule has 0 atom stereocenters. The standard InChI is InChI=1S/C20H30N2O3/c1-15-4-10-22(11-5-15)20(23)7-9-21-8-6-16-12-18(24-2)19(25-3)13-17(16)14-21/h12-13,15H,4-11,14H2,1-3H3. The predicted molar refractivity (Wildman–Crippen MR) is 98.1 cm³/mol. The van der Waals surface area contributed by atoms with Crippen molar-refractivity contribution in [3.63, 3.8) is 0 Å². The molecule has 3 rings (SSSR count). The lowest BCUT2D eigenvalue weighted by atomic mass is 9.98. The number of hydrogen-bond donors (Lipinski definition) is 0. The lowest BCUT2D eigenvalue weighted by Gasteiger charge is -2.32. The van der Waals surface area contributed by atoms with Gasteiger partial charge in [0.1, 0.15) is 0 Å². The summed E-state index contributed by atoms with van der Waals surface area (Å²) in [5, 5.41) is 0. The van der Waals surface area contributed by atoms with Gasteiger partial charge in [0.25, 0.3) is 0 Å². The molecule has 5 heteroatoms. The molecule has 25 heavy (non-hydrogen) atoms. The molecule has 1 aromatic carbocycles. The zero-order chi connectivity index (χ0) is 17.8. The number of benzene rings is 1. The average molecular weight is 346 g/mol. The van der Waals surface area contributed by atoms with Crippen molar-refractivity contribution < 1.29 is 14.3 Å². The van der Waals surface area contributed by atoms with E-state index < -0.39 is 0 Å². The lowest BCUT2D eigenvalue weighted by molar-refractivity contribution is -0.132. The second-order valence-electron chi connectivity index (χ2n) is 7.32. The van der Waals surface area contributed by atoms with Gasteiger partial charge >= 0.3 is 0 Å². The molecule has 0 N–H and O–H groups in total. The average Bonchev–Trinajstić information content (AvgIpc) is 2.65.